The molecule has 2 aromatic rings. The van der Waals surface area contributed by atoms with Gasteiger partial charge in [-0.05, 0) is 48.9 Å². The molecule has 0 aliphatic rings. The molecule has 138 valence electrons. The first-order valence-corrected chi connectivity index (χ1v) is 8.09. The largest absolute Gasteiger partial charge is 0.491 e. The van der Waals surface area contributed by atoms with Crippen molar-refractivity contribution in [3.8, 4) is 11.5 Å². The Morgan fingerprint density at radius 1 is 0.923 bits per heavy atom. The topological polar surface area (TPSA) is 85.9 Å². The van der Waals surface area contributed by atoms with E-state index in [0.29, 0.717) is 30.3 Å². The van der Waals surface area contributed by atoms with Crippen LogP contribution in [0.2, 0.25) is 0 Å². The first-order valence-electron chi connectivity index (χ1n) is 8.09. The Morgan fingerprint density at radius 2 is 1.69 bits per heavy atom. The van der Waals surface area contributed by atoms with Crippen LogP contribution in [0.25, 0.3) is 0 Å². The third-order valence-corrected chi connectivity index (χ3v) is 3.35. The van der Waals surface area contributed by atoms with E-state index in [1.54, 1.807) is 37.4 Å². The van der Waals surface area contributed by atoms with Gasteiger partial charge in [0.25, 0.3) is 11.8 Å². The van der Waals surface area contributed by atoms with Gasteiger partial charge in [-0.25, -0.2) is 0 Å². The second kappa shape index (κ2) is 10.0. The number of aryl methyl sites for hydroxylation is 1. The summed E-state index contributed by atoms with van der Waals surface area (Å²) in [4.78, 5) is 23.8. The summed E-state index contributed by atoms with van der Waals surface area (Å²) in [7, 11) is 1.59. The normalized spacial score (nSPS) is 10.1. The molecule has 2 N–H and O–H groups in total. The van der Waals surface area contributed by atoms with Crippen molar-refractivity contribution >= 4 is 11.8 Å². The molecule has 0 fully saturated rings. The summed E-state index contributed by atoms with van der Waals surface area (Å²) in [5.74, 6) is 0.335. The Bertz CT molecular complexity index is 731. The number of hydrazine groups is 1. The molecule has 0 atom stereocenters. The third kappa shape index (κ3) is 6.45. The molecule has 2 rings (SSSR count). The maximum atomic E-state index is 12.0. The van der Waals surface area contributed by atoms with Gasteiger partial charge >= 0.3 is 0 Å². The van der Waals surface area contributed by atoms with Gasteiger partial charge in [-0.2, -0.15) is 0 Å². The van der Waals surface area contributed by atoms with Gasteiger partial charge in [0.15, 0.2) is 6.61 Å². The van der Waals surface area contributed by atoms with Crippen molar-refractivity contribution in [2.24, 2.45) is 0 Å². The minimum atomic E-state index is -0.459. The van der Waals surface area contributed by atoms with E-state index in [-0.39, 0.29) is 6.61 Å². The van der Waals surface area contributed by atoms with E-state index in [1.807, 2.05) is 25.1 Å². The maximum absolute atomic E-state index is 12.0. The minimum Gasteiger partial charge on any atom is -0.491 e. The monoisotopic (exact) mass is 358 g/mol. The maximum Gasteiger partial charge on any atom is 0.276 e. The molecule has 0 heterocycles. The van der Waals surface area contributed by atoms with E-state index in [9.17, 15) is 9.59 Å². The first kappa shape index (κ1) is 19.3. The standard InChI is InChI=1S/C19H22N2O5/c1-14-4-3-5-17(12-14)26-13-18(22)20-21-19(23)15-6-8-16(9-7-15)25-11-10-24-2/h3-9,12H,10-11,13H2,1-2H3,(H,20,22)(H,21,23). The molecule has 7 nitrogen and oxygen atoms in total. The number of amides is 2. The molecule has 0 radical (unpaired) electrons. The number of ether oxygens (including phenoxy) is 3. The van der Waals surface area contributed by atoms with Crippen LogP contribution >= 0.6 is 0 Å². The predicted molar refractivity (Wildman–Crippen MR) is 96.1 cm³/mol. The van der Waals surface area contributed by atoms with Crippen LogP contribution < -0.4 is 20.3 Å². The molecule has 0 spiro atoms. The molecular weight excluding hydrogens is 336 g/mol. The lowest BCUT2D eigenvalue weighted by atomic mass is 10.2. The summed E-state index contributed by atoms with van der Waals surface area (Å²) in [5.41, 5.74) is 6.08. The van der Waals surface area contributed by atoms with E-state index < -0.39 is 11.8 Å². The van der Waals surface area contributed by atoms with Gasteiger partial charge in [0, 0.05) is 12.7 Å². The quantitative estimate of drug-likeness (QED) is 0.556. The van der Waals surface area contributed by atoms with Crippen molar-refractivity contribution in [2.75, 3.05) is 26.9 Å². The molecule has 0 saturated carbocycles. The van der Waals surface area contributed by atoms with E-state index >= 15 is 0 Å². The van der Waals surface area contributed by atoms with Crippen LogP contribution in [0.4, 0.5) is 0 Å². The van der Waals surface area contributed by atoms with Crippen molar-refractivity contribution in [3.63, 3.8) is 0 Å². The zero-order valence-electron chi connectivity index (χ0n) is 14.8. The van der Waals surface area contributed by atoms with Crippen LogP contribution in [0.1, 0.15) is 15.9 Å². The summed E-state index contributed by atoms with van der Waals surface area (Å²) >= 11 is 0. The van der Waals surface area contributed by atoms with E-state index in [4.69, 9.17) is 14.2 Å². The van der Waals surface area contributed by atoms with Crippen molar-refractivity contribution in [1.29, 1.82) is 0 Å². The van der Waals surface area contributed by atoms with Crippen LogP contribution in [-0.2, 0) is 9.53 Å². The molecule has 0 aliphatic heterocycles. The van der Waals surface area contributed by atoms with Gasteiger partial charge in [0.1, 0.15) is 18.1 Å². The average molecular weight is 358 g/mol. The summed E-state index contributed by atoms with van der Waals surface area (Å²) in [5, 5.41) is 0. The number of carbonyl (C=O) groups is 2. The van der Waals surface area contributed by atoms with Crippen LogP contribution in [0, 0.1) is 6.92 Å². The van der Waals surface area contributed by atoms with Crippen molar-refractivity contribution < 1.29 is 23.8 Å². The highest BCUT2D eigenvalue weighted by atomic mass is 16.5. The van der Waals surface area contributed by atoms with Gasteiger partial charge in [0.2, 0.25) is 0 Å². The number of hydrogen-bond donors (Lipinski definition) is 2. The Labute approximate surface area is 152 Å². The summed E-state index contributed by atoms with van der Waals surface area (Å²) in [6, 6.07) is 13.9. The highest BCUT2D eigenvalue weighted by Crippen LogP contribution is 2.12. The average Bonchev–Trinajstić information content (AvgIpc) is 2.65. The van der Waals surface area contributed by atoms with Gasteiger partial charge in [-0.1, -0.05) is 12.1 Å². The fourth-order valence-electron chi connectivity index (χ4n) is 2.03. The smallest absolute Gasteiger partial charge is 0.276 e. The Morgan fingerprint density at radius 3 is 2.38 bits per heavy atom. The molecule has 2 amide bonds. The Balaban J connectivity index is 1.74. The molecule has 7 heteroatoms. The zero-order valence-corrected chi connectivity index (χ0v) is 14.8. The fraction of sp³-hybridized carbons (Fsp3) is 0.263. The molecule has 26 heavy (non-hydrogen) atoms. The van der Waals surface area contributed by atoms with Crippen molar-refractivity contribution in [3.05, 3.63) is 59.7 Å². The number of methoxy groups -OCH3 is 1. The van der Waals surface area contributed by atoms with Gasteiger partial charge in [-0.15, -0.1) is 0 Å². The number of benzene rings is 2. The number of carbonyl (C=O) groups excluding carboxylic acids is 2. The molecule has 0 saturated heterocycles. The highest BCUT2D eigenvalue weighted by Gasteiger charge is 2.08. The summed E-state index contributed by atoms with van der Waals surface area (Å²) in [6.07, 6.45) is 0. The van der Waals surface area contributed by atoms with Crippen LogP contribution in [0.3, 0.4) is 0 Å². The van der Waals surface area contributed by atoms with Gasteiger partial charge in [0.05, 0.1) is 6.61 Å². The molecular formula is C19H22N2O5. The summed E-state index contributed by atoms with van der Waals surface area (Å²) < 4.78 is 15.7. The second-order valence-electron chi connectivity index (χ2n) is 5.47. The molecule has 0 aliphatic carbocycles. The zero-order chi connectivity index (χ0) is 18.8. The van der Waals surface area contributed by atoms with E-state index in [0.717, 1.165) is 5.56 Å². The SMILES string of the molecule is COCCOc1ccc(C(=O)NNC(=O)COc2cccc(C)c2)cc1. The fourth-order valence-corrected chi connectivity index (χ4v) is 2.03. The lowest BCUT2D eigenvalue weighted by Crippen LogP contribution is -2.43. The molecule has 2 aromatic carbocycles. The number of hydrogen-bond acceptors (Lipinski definition) is 5. The van der Waals surface area contributed by atoms with E-state index in [1.165, 1.54) is 0 Å². The van der Waals surface area contributed by atoms with E-state index in [2.05, 4.69) is 10.9 Å². The second-order valence-corrected chi connectivity index (χ2v) is 5.47. The van der Waals surface area contributed by atoms with Crippen molar-refractivity contribution in [1.82, 2.24) is 10.9 Å². The van der Waals surface area contributed by atoms with Gasteiger partial charge < -0.3 is 14.2 Å². The lowest BCUT2D eigenvalue weighted by molar-refractivity contribution is -0.123. The number of nitrogens with one attached hydrogen (secondary N) is 2. The van der Waals surface area contributed by atoms with Crippen LogP contribution in [-0.4, -0.2) is 38.7 Å². The summed E-state index contributed by atoms with van der Waals surface area (Å²) in [6.45, 7) is 2.65. The van der Waals surface area contributed by atoms with Crippen LogP contribution in [0.15, 0.2) is 48.5 Å². The predicted octanol–water partition coefficient (Wildman–Crippen LogP) is 1.86. The minimum absolute atomic E-state index is 0.198. The highest BCUT2D eigenvalue weighted by molar-refractivity contribution is 5.95. The molecule has 0 aromatic heterocycles. The first-order chi connectivity index (χ1) is 12.6. The Hall–Kier alpha value is -3.06. The molecule has 0 unspecified atom stereocenters. The Kier molecular flexibility index (Phi) is 7.45. The third-order valence-electron chi connectivity index (χ3n) is 3.35. The van der Waals surface area contributed by atoms with Crippen LogP contribution in [0.5, 0.6) is 11.5 Å². The lowest BCUT2D eigenvalue weighted by Gasteiger charge is -2.10. The van der Waals surface area contributed by atoms with Crippen molar-refractivity contribution in [2.45, 2.75) is 6.92 Å². The number of rotatable bonds is 8. The van der Waals surface area contributed by atoms with Gasteiger partial charge in [-0.3, -0.25) is 20.4 Å². The molecule has 0 bridgehead atoms.